The molecule has 5 nitrogen and oxygen atoms in total. The van der Waals surface area contributed by atoms with Crippen molar-refractivity contribution in [1.29, 1.82) is 0 Å². The minimum Gasteiger partial charge on any atom is -0.333 e. The van der Waals surface area contributed by atoms with Crippen LogP contribution in [0.2, 0.25) is 5.02 Å². The quantitative estimate of drug-likeness (QED) is 0.361. The second-order valence-electron chi connectivity index (χ2n) is 8.22. The van der Waals surface area contributed by atoms with Crippen molar-refractivity contribution in [3.63, 3.8) is 0 Å². The van der Waals surface area contributed by atoms with E-state index in [4.69, 9.17) is 16.6 Å². The number of rotatable bonds is 9. The zero-order valence-corrected chi connectivity index (χ0v) is 20.2. The highest BCUT2D eigenvalue weighted by Gasteiger charge is 2.26. The van der Waals surface area contributed by atoms with E-state index in [1.165, 1.54) is 0 Å². The molecule has 0 aliphatic rings. The lowest BCUT2D eigenvalue weighted by Crippen LogP contribution is -2.37. The molecule has 3 rings (SSSR count). The maximum atomic E-state index is 13.6. The SMILES string of the molecule is CCCCCCC(=O)N(CC)C(C)c1nc2ccccc2c(=O)n1-c1ccc(Cl)cc1C. The average molecular weight is 454 g/mol. The van der Waals surface area contributed by atoms with E-state index in [9.17, 15) is 9.59 Å². The molecule has 0 fully saturated rings. The minimum atomic E-state index is -0.356. The Kier molecular flexibility index (Phi) is 8.08. The monoisotopic (exact) mass is 453 g/mol. The van der Waals surface area contributed by atoms with Crippen LogP contribution in [0.3, 0.4) is 0 Å². The van der Waals surface area contributed by atoms with Gasteiger partial charge < -0.3 is 4.90 Å². The van der Waals surface area contributed by atoms with Gasteiger partial charge in [0.1, 0.15) is 5.82 Å². The predicted molar refractivity (Wildman–Crippen MR) is 132 cm³/mol. The maximum absolute atomic E-state index is 13.6. The highest BCUT2D eigenvalue weighted by atomic mass is 35.5. The van der Waals surface area contributed by atoms with Crippen LogP contribution in [0.1, 0.15) is 70.3 Å². The highest BCUT2D eigenvalue weighted by Crippen LogP contribution is 2.26. The van der Waals surface area contributed by atoms with Gasteiger partial charge in [-0.3, -0.25) is 14.2 Å². The highest BCUT2D eigenvalue weighted by molar-refractivity contribution is 6.30. The van der Waals surface area contributed by atoms with Crippen molar-refractivity contribution < 1.29 is 4.79 Å². The van der Waals surface area contributed by atoms with Gasteiger partial charge in [0.2, 0.25) is 5.91 Å². The Morgan fingerprint density at radius 2 is 1.88 bits per heavy atom. The molecule has 1 atom stereocenters. The number of halogens is 1. The summed E-state index contributed by atoms with van der Waals surface area (Å²) in [6, 6.07) is 12.4. The minimum absolute atomic E-state index is 0.0953. The molecule has 170 valence electrons. The summed E-state index contributed by atoms with van der Waals surface area (Å²) < 4.78 is 1.64. The fraction of sp³-hybridized carbons (Fsp3) is 0.423. The number of aromatic nitrogens is 2. The molecule has 32 heavy (non-hydrogen) atoms. The third-order valence-electron chi connectivity index (χ3n) is 5.95. The van der Waals surface area contributed by atoms with Crippen LogP contribution in [0.25, 0.3) is 16.6 Å². The molecule has 0 N–H and O–H groups in total. The van der Waals surface area contributed by atoms with Gasteiger partial charge in [-0.1, -0.05) is 49.9 Å². The molecular weight excluding hydrogens is 422 g/mol. The van der Waals surface area contributed by atoms with Crippen LogP contribution in [0.4, 0.5) is 0 Å². The van der Waals surface area contributed by atoms with Crippen LogP contribution < -0.4 is 5.56 Å². The lowest BCUT2D eigenvalue weighted by atomic mass is 10.1. The molecule has 1 unspecified atom stereocenters. The van der Waals surface area contributed by atoms with Crippen molar-refractivity contribution >= 4 is 28.4 Å². The van der Waals surface area contributed by atoms with E-state index >= 15 is 0 Å². The van der Waals surface area contributed by atoms with Crippen molar-refractivity contribution in [2.45, 2.75) is 65.8 Å². The van der Waals surface area contributed by atoms with Crippen molar-refractivity contribution in [3.8, 4) is 5.69 Å². The molecule has 1 heterocycles. The van der Waals surface area contributed by atoms with Gasteiger partial charge in [-0.05, 0) is 63.1 Å². The van der Waals surface area contributed by atoms with Crippen LogP contribution in [0, 0.1) is 6.92 Å². The van der Waals surface area contributed by atoms with Gasteiger partial charge >= 0.3 is 0 Å². The Morgan fingerprint density at radius 3 is 2.56 bits per heavy atom. The molecule has 1 aromatic heterocycles. The molecule has 0 aliphatic heterocycles. The molecule has 0 bridgehead atoms. The lowest BCUT2D eigenvalue weighted by molar-refractivity contribution is -0.133. The first-order valence-corrected chi connectivity index (χ1v) is 11.8. The first-order valence-electron chi connectivity index (χ1n) is 11.5. The zero-order chi connectivity index (χ0) is 23.3. The topological polar surface area (TPSA) is 55.2 Å². The Morgan fingerprint density at radius 1 is 1.12 bits per heavy atom. The number of aryl methyl sites for hydroxylation is 1. The van der Waals surface area contributed by atoms with Gasteiger partial charge in [0, 0.05) is 18.0 Å². The van der Waals surface area contributed by atoms with E-state index in [1.54, 1.807) is 16.7 Å². The second-order valence-corrected chi connectivity index (χ2v) is 8.66. The van der Waals surface area contributed by atoms with Crippen LogP contribution in [-0.4, -0.2) is 26.9 Å². The number of nitrogens with zero attached hydrogens (tertiary/aromatic N) is 3. The van der Waals surface area contributed by atoms with Crippen LogP contribution in [0.15, 0.2) is 47.3 Å². The number of unbranched alkanes of at least 4 members (excludes halogenated alkanes) is 3. The summed E-state index contributed by atoms with van der Waals surface area (Å²) >= 11 is 6.17. The Balaban J connectivity index is 2.11. The molecule has 0 saturated carbocycles. The van der Waals surface area contributed by atoms with Gasteiger partial charge in [0.25, 0.3) is 5.56 Å². The number of carbonyl (C=O) groups excluding carboxylic acids is 1. The van der Waals surface area contributed by atoms with Gasteiger partial charge in [0.05, 0.1) is 22.6 Å². The summed E-state index contributed by atoms with van der Waals surface area (Å²) in [5, 5.41) is 1.16. The summed E-state index contributed by atoms with van der Waals surface area (Å²) in [5.41, 5.74) is 2.09. The van der Waals surface area contributed by atoms with Crippen molar-refractivity contribution in [2.75, 3.05) is 6.54 Å². The van der Waals surface area contributed by atoms with E-state index < -0.39 is 0 Å². The molecule has 0 saturated heterocycles. The molecule has 2 aromatic carbocycles. The number of benzene rings is 2. The van der Waals surface area contributed by atoms with Gasteiger partial charge in [-0.15, -0.1) is 0 Å². The standard InChI is InChI=1S/C26H32ClN3O2/c1-5-7-8-9-14-24(31)29(6-2)19(4)25-28-22-13-11-10-12-21(22)26(32)30(25)23-16-15-20(27)17-18(23)3/h10-13,15-17,19H,5-9,14H2,1-4H3. The third-order valence-corrected chi connectivity index (χ3v) is 6.18. The van der Waals surface area contributed by atoms with Gasteiger partial charge in [0.15, 0.2) is 0 Å². The zero-order valence-electron chi connectivity index (χ0n) is 19.4. The van der Waals surface area contributed by atoms with E-state index in [0.717, 1.165) is 36.9 Å². The molecule has 6 heteroatoms. The lowest BCUT2D eigenvalue weighted by Gasteiger charge is -2.30. The van der Waals surface area contributed by atoms with Crippen LogP contribution >= 0.6 is 11.6 Å². The first kappa shape index (κ1) is 24.0. The number of para-hydroxylation sites is 1. The summed E-state index contributed by atoms with van der Waals surface area (Å²) in [6.45, 7) is 8.55. The van der Waals surface area contributed by atoms with Gasteiger partial charge in [-0.2, -0.15) is 0 Å². The Hall–Kier alpha value is -2.66. The molecule has 0 aliphatic carbocycles. The smallest absolute Gasteiger partial charge is 0.266 e. The number of amides is 1. The summed E-state index contributed by atoms with van der Waals surface area (Å²) in [4.78, 5) is 33.4. The third kappa shape index (κ3) is 5.04. The normalized spacial score (nSPS) is 12.2. The molecule has 0 spiro atoms. The maximum Gasteiger partial charge on any atom is 0.266 e. The number of carbonyl (C=O) groups is 1. The second kappa shape index (κ2) is 10.8. The fourth-order valence-electron chi connectivity index (χ4n) is 4.18. The first-order chi connectivity index (χ1) is 15.4. The molecule has 0 radical (unpaired) electrons. The summed E-state index contributed by atoms with van der Waals surface area (Å²) in [5.74, 6) is 0.653. The van der Waals surface area contributed by atoms with E-state index in [-0.39, 0.29) is 17.5 Å². The van der Waals surface area contributed by atoms with Crippen molar-refractivity contribution in [3.05, 3.63) is 69.2 Å². The number of fused-ring (bicyclic) bond motifs is 1. The molecule has 3 aromatic rings. The summed E-state index contributed by atoms with van der Waals surface area (Å²) in [7, 11) is 0. The average Bonchev–Trinajstić information content (AvgIpc) is 2.78. The predicted octanol–water partition coefficient (Wildman–Crippen LogP) is 6.23. The molecule has 1 amide bonds. The Labute approximate surface area is 195 Å². The van der Waals surface area contributed by atoms with Crippen molar-refractivity contribution in [2.24, 2.45) is 0 Å². The number of hydrogen-bond donors (Lipinski definition) is 0. The van der Waals surface area contributed by atoms with Crippen molar-refractivity contribution in [1.82, 2.24) is 14.5 Å². The largest absolute Gasteiger partial charge is 0.333 e. The fourth-order valence-corrected chi connectivity index (χ4v) is 4.41. The van der Waals surface area contributed by atoms with E-state index in [2.05, 4.69) is 6.92 Å². The van der Waals surface area contributed by atoms with Gasteiger partial charge in [-0.25, -0.2) is 4.98 Å². The summed E-state index contributed by atoms with van der Waals surface area (Å²) in [6.07, 6.45) is 4.71. The van der Waals surface area contributed by atoms with E-state index in [1.807, 2.05) is 56.0 Å². The van der Waals surface area contributed by atoms with Crippen LogP contribution in [-0.2, 0) is 4.79 Å². The van der Waals surface area contributed by atoms with Crippen LogP contribution in [0.5, 0.6) is 0 Å². The number of hydrogen-bond acceptors (Lipinski definition) is 3. The molecular formula is C26H32ClN3O2. The van der Waals surface area contributed by atoms with E-state index in [0.29, 0.717) is 34.7 Å². The Bertz CT molecular complexity index is 1160.